The number of hydrogen-bond acceptors (Lipinski definition) is 3. The van der Waals surface area contributed by atoms with Gasteiger partial charge in [-0.25, -0.2) is 0 Å². The van der Waals surface area contributed by atoms with Gasteiger partial charge in [-0.3, -0.25) is 4.79 Å². The molecule has 1 aliphatic carbocycles. The van der Waals surface area contributed by atoms with Gasteiger partial charge in [-0.1, -0.05) is 12.8 Å². The summed E-state index contributed by atoms with van der Waals surface area (Å²) in [5.41, 5.74) is 5.34. The van der Waals surface area contributed by atoms with Crippen molar-refractivity contribution >= 4 is 17.7 Å². The van der Waals surface area contributed by atoms with Crippen LogP contribution in [0.25, 0.3) is 11.8 Å². The van der Waals surface area contributed by atoms with E-state index < -0.39 is 0 Å². The fraction of sp³-hybridized carbons (Fsp3) is 0.391. The highest BCUT2D eigenvalue weighted by Crippen LogP contribution is 2.25. The number of rotatable bonds is 5. The summed E-state index contributed by atoms with van der Waals surface area (Å²) in [7, 11) is 4.04. The zero-order valence-corrected chi connectivity index (χ0v) is 17.1. The molecule has 0 atom stereocenters. The van der Waals surface area contributed by atoms with Crippen molar-refractivity contribution in [2.75, 3.05) is 19.0 Å². The number of hydrogen-bond donors (Lipinski definition) is 1. The number of benzene rings is 1. The molecule has 146 valence electrons. The lowest BCUT2D eigenvalue weighted by atomic mass is 10.1. The maximum Gasteiger partial charge on any atom is 0.262 e. The Morgan fingerprint density at radius 3 is 2.43 bits per heavy atom. The lowest BCUT2D eigenvalue weighted by molar-refractivity contribution is -0.117. The molecular formula is C23H28N4O. The Bertz CT molecular complexity index is 923. The number of nitrogens with one attached hydrogen (secondary N) is 1. The zero-order valence-electron chi connectivity index (χ0n) is 17.1. The van der Waals surface area contributed by atoms with Crippen LogP contribution in [-0.2, 0) is 4.79 Å². The smallest absolute Gasteiger partial charge is 0.262 e. The van der Waals surface area contributed by atoms with Crippen LogP contribution in [0, 0.1) is 25.2 Å². The van der Waals surface area contributed by atoms with Crippen molar-refractivity contribution in [2.45, 2.75) is 45.6 Å². The molecule has 1 fully saturated rings. The van der Waals surface area contributed by atoms with Crippen molar-refractivity contribution < 1.29 is 4.79 Å². The average molecular weight is 377 g/mol. The van der Waals surface area contributed by atoms with Crippen molar-refractivity contribution in [3.8, 4) is 11.8 Å². The van der Waals surface area contributed by atoms with Gasteiger partial charge in [-0.2, -0.15) is 5.26 Å². The highest BCUT2D eigenvalue weighted by molar-refractivity contribution is 6.02. The lowest BCUT2D eigenvalue weighted by Crippen LogP contribution is -2.33. The summed E-state index contributed by atoms with van der Waals surface area (Å²) in [6.45, 7) is 4.05. The van der Waals surface area contributed by atoms with E-state index in [1.165, 1.54) is 0 Å². The van der Waals surface area contributed by atoms with Gasteiger partial charge in [0, 0.05) is 42.9 Å². The highest BCUT2D eigenvalue weighted by atomic mass is 16.1. The molecule has 2 aromatic rings. The predicted octanol–water partition coefficient (Wildman–Crippen LogP) is 4.13. The molecule has 0 radical (unpaired) electrons. The average Bonchev–Trinajstić information content (AvgIpc) is 3.27. The molecule has 1 aliphatic rings. The fourth-order valence-corrected chi connectivity index (χ4v) is 3.87. The van der Waals surface area contributed by atoms with Crippen LogP contribution in [0.1, 0.15) is 42.6 Å². The van der Waals surface area contributed by atoms with E-state index in [4.69, 9.17) is 0 Å². The van der Waals surface area contributed by atoms with Gasteiger partial charge in [0.15, 0.2) is 0 Å². The van der Waals surface area contributed by atoms with Crippen molar-refractivity contribution in [3.05, 3.63) is 52.9 Å². The Morgan fingerprint density at radius 2 is 1.86 bits per heavy atom. The minimum Gasteiger partial charge on any atom is -0.378 e. The fourth-order valence-electron chi connectivity index (χ4n) is 3.87. The first-order valence-electron chi connectivity index (χ1n) is 9.80. The normalized spacial score (nSPS) is 14.8. The molecule has 0 bridgehead atoms. The quantitative estimate of drug-likeness (QED) is 0.630. The molecule has 0 unspecified atom stereocenters. The number of carbonyl (C=O) groups is 1. The molecule has 3 rings (SSSR count). The number of anilines is 1. The summed E-state index contributed by atoms with van der Waals surface area (Å²) in [4.78, 5) is 14.6. The molecule has 1 N–H and O–H groups in total. The molecule has 5 nitrogen and oxygen atoms in total. The SMILES string of the molecule is Cc1cc(/C=C(/C#N)C(=O)NC2CCCC2)c(C)n1-c1ccc(N(C)C)cc1. The summed E-state index contributed by atoms with van der Waals surface area (Å²) in [5, 5.41) is 12.5. The van der Waals surface area contributed by atoms with Crippen LogP contribution in [-0.4, -0.2) is 30.6 Å². The third-order valence-corrected chi connectivity index (χ3v) is 5.45. The van der Waals surface area contributed by atoms with Gasteiger partial charge >= 0.3 is 0 Å². The van der Waals surface area contributed by atoms with E-state index in [0.29, 0.717) is 0 Å². The van der Waals surface area contributed by atoms with E-state index in [-0.39, 0.29) is 17.5 Å². The number of aryl methyl sites for hydroxylation is 1. The molecule has 0 saturated heterocycles. The number of aromatic nitrogens is 1. The second kappa shape index (κ2) is 8.35. The van der Waals surface area contributed by atoms with Gasteiger partial charge in [0.25, 0.3) is 5.91 Å². The Labute approximate surface area is 167 Å². The van der Waals surface area contributed by atoms with E-state index in [1.54, 1.807) is 6.08 Å². The Hall–Kier alpha value is -3.00. The number of amides is 1. The van der Waals surface area contributed by atoms with Crippen LogP contribution < -0.4 is 10.2 Å². The summed E-state index contributed by atoms with van der Waals surface area (Å²) in [6, 6.07) is 12.6. The van der Waals surface area contributed by atoms with Crippen LogP contribution in [0.5, 0.6) is 0 Å². The van der Waals surface area contributed by atoms with Gasteiger partial charge in [-0.05, 0) is 68.7 Å². The van der Waals surface area contributed by atoms with Crippen LogP contribution in [0.15, 0.2) is 35.9 Å². The summed E-state index contributed by atoms with van der Waals surface area (Å²) >= 11 is 0. The van der Waals surface area contributed by atoms with Crippen LogP contribution in [0.3, 0.4) is 0 Å². The topological polar surface area (TPSA) is 61.1 Å². The van der Waals surface area contributed by atoms with Crippen molar-refractivity contribution in [1.82, 2.24) is 9.88 Å². The van der Waals surface area contributed by atoms with Gasteiger partial charge in [0.2, 0.25) is 0 Å². The minimum atomic E-state index is -0.269. The van der Waals surface area contributed by atoms with E-state index in [1.807, 2.05) is 34.0 Å². The first-order chi connectivity index (χ1) is 13.4. The molecule has 28 heavy (non-hydrogen) atoms. The van der Waals surface area contributed by atoms with E-state index in [9.17, 15) is 10.1 Å². The molecular weight excluding hydrogens is 348 g/mol. The number of nitriles is 1. The third kappa shape index (κ3) is 4.12. The first kappa shape index (κ1) is 19.8. The number of nitrogens with zero attached hydrogens (tertiary/aromatic N) is 3. The summed E-state index contributed by atoms with van der Waals surface area (Å²) < 4.78 is 2.15. The monoisotopic (exact) mass is 376 g/mol. The predicted molar refractivity (Wildman–Crippen MR) is 114 cm³/mol. The Morgan fingerprint density at radius 1 is 1.21 bits per heavy atom. The summed E-state index contributed by atoms with van der Waals surface area (Å²) in [5.74, 6) is -0.269. The molecule has 1 aromatic heterocycles. The third-order valence-electron chi connectivity index (χ3n) is 5.45. The number of carbonyl (C=O) groups excluding carboxylic acids is 1. The molecule has 5 heteroatoms. The molecule has 1 heterocycles. The maximum absolute atomic E-state index is 12.5. The molecule has 1 aromatic carbocycles. The first-order valence-corrected chi connectivity index (χ1v) is 9.80. The van der Waals surface area contributed by atoms with Gasteiger partial charge in [-0.15, -0.1) is 0 Å². The molecule has 0 spiro atoms. The van der Waals surface area contributed by atoms with E-state index in [0.717, 1.165) is 54.0 Å². The Kier molecular flexibility index (Phi) is 5.89. The summed E-state index contributed by atoms with van der Waals surface area (Å²) in [6.07, 6.45) is 6.00. The highest BCUT2D eigenvalue weighted by Gasteiger charge is 2.20. The second-order valence-corrected chi connectivity index (χ2v) is 7.70. The van der Waals surface area contributed by atoms with Gasteiger partial charge in [0.05, 0.1) is 0 Å². The second-order valence-electron chi connectivity index (χ2n) is 7.70. The van der Waals surface area contributed by atoms with Gasteiger partial charge < -0.3 is 14.8 Å². The minimum absolute atomic E-state index is 0.162. The largest absolute Gasteiger partial charge is 0.378 e. The zero-order chi connectivity index (χ0) is 20.3. The van der Waals surface area contributed by atoms with Gasteiger partial charge in [0.1, 0.15) is 11.6 Å². The van der Waals surface area contributed by atoms with Crippen molar-refractivity contribution in [3.63, 3.8) is 0 Å². The van der Waals surface area contributed by atoms with Crippen molar-refractivity contribution in [1.29, 1.82) is 5.26 Å². The standard InChI is InChI=1S/C23H28N4O/c1-16-13-18(14-19(15-24)23(28)25-20-7-5-6-8-20)17(2)27(16)22-11-9-21(10-12-22)26(3)4/h9-14,20H,5-8H2,1-4H3,(H,25,28)/b19-14-. The Balaban J connectivity index is 1.88. The maximum atomic E-state index is 12.5. The molecule has 1 saturated carbocycles. The van der Waals surface area contributed by atoms with Crippen LogP contribution in [0.4, 0.5) is 5.69 Å². The van der Waals surface area contributed by atoms with E-state index in [2.05, 4.69) is 45.1 Å². The van der Waals surface area contributed by atoms with Crippen molar-refractivity contribution in [2.24, 2.45) is 0 Å². The van der Waals surface area contributed by atoms with Crippen LogP contribution >= 0.6 is 0 Å². The molecule has 0 aliphatic heterocycles. The lowest BCUT2D eigenvalue weighted by Gasteiger charge is -2.15. The van der Waals surface area contributed by atoms with Crippen LogP contribution in [0.2, 0.25) is 0 Å². The van der Waals surface area contributed by atoms with E-state index >= 15 is 0 Å². The molecule has 1 amide bonds.